The van der Waals surface area contributed by atoms with Crippen LogP contribution in [0.4, 0.5) is 0 Å². The third-order valence-electron chi connectivity index (χ3n) is 3.31. The highest BCUT2D eigenvalue weighted by molar-refractivity contribution is 7.86. The van der Waals surface area contributed by atoms with E-state index in [1.165, 1.54) is 0 Å². The predicted molar refractivity (Wildman–Crippen MR) is 111 cm³/mol. The van der Waals surface area contributed by atoms with Crippen molar-refractivity contribution in [3.63, 3.8) is 0 Å². The molecule has 0 unspecified atom stereocenters. The predicted octanol–water partition coefficient (Wildman–Crippen LogP) is 3.89. The van der Waals surface area contributed by atoms with Crippen LogP contribution in [0.15, 0.2) is 60.7 Å². The standard InChI is InChI=1S/2C10H14O3S/c2*1-2-8-13-14(11,12)9-10-6-4-3-5-7-10/h2*3-7H,2,8-9H2,1H3. The summed E-state index contributed by atoms with van der Waals surface area (Å²) in [5.74, 6) is -0.0956. The van der Waals surface area contributed by atoms with E-state index >= 15 is 0 Å². The van der Waals surface area contributed by atoms with E-state index in [0.29, 0.717) is 12.8 Å². The van der Waals surface area contributed by atoms with E-state index in [2.05, 4.69) is 0 Å². The first kappa shape index (κ1) is 24.3. The molecule has 0 aliphatic rings. The Hall–Kier alpha value is -1.74. The Labute approximate surface area is 168 Å². The molecule has 0 heterocycles. The van der Waals surface area contributed by atoms with Crippen molar-refractivity contribution in [3.8, 4) is 0 Å². The molecule has 0 aliphatic heterocycles. The maximum atomic E-state index is 11.3. The minimum atomic E-state index is -3.40. The van der Waals surface area contributed by atoms with E-state index in [-0.39, 0.29) is 24.7 Å². The van der Waals surface area contributed by atoms with Gasteiger partial charge in [0.2, 0.25) is 0 Å². The molecule has 0 spiro atoms. The number of hydrogen-bond donors (Lipinski definition) is 0. The Morgan fingerprint density at radius 2 is 0.929 bits per heavy atom. The highest BCUT2D eigenvalue weighted by atomic mass is 32.2. The maximum absolute atomic E-state index is 11.3. The van der Waals surface area contributed by atoms with Crippen molar-refractivity contribution >= 4 is 20.2 Å². The van der Waals surface area contributed by atoms with Gasteiger partial charge in [0.15, 0.2) is 0 Å². The van der Waals surface area contributed by atoms with E-state index in [0.717, 1.165) is 11.1 Å². The van der Waals surface area contributed by atoms with Gasteiger partial charge in [0.1, 0.15) is 11.5 Å². The molecule has 6 nitrogen and oxygen atoms in total. The zero-order valence-corrected chi connectivity index (χ0v) is 17.9. The molecular weight excluding hydrogens is 400 g/mol. The lowest BCUT2D eigenvalue weighted by atomic mass is 10.2. The van der Waals surface area contributed by atoms with Crippen LogP contribution in [0.25, 0.3) is 0 Å². The highest BCUT2D eigenvalue weighted by Crippen LogP contribution is 2.08. The van der Waals surface area contributed by atoms with Crippen LogP contribution in [-0.2, 0) is 40.1 Å². The molecule has 0 aliphatic carbocycles. The molecule has 2 aromatic rings. The fourth-order valence-corrected chi connectivity index (χ4v) is 4.27. The van der Waals surface area contributed by atoms with Gasteiger partial charge in [0.25, 0.3) is 20.2 Å². The second-order valence-corrected chi connectivity index (χ2v) is 9.30. The number of hydrogen-bond acceptors (Lipinski definition) is 6. The first-order chi connectivity index (χ1) is 13.3. The lowest BCUT2D eigenvalue weighted by Crippen LogP contribution is -2.09. The van der Waals surface area contributed by atoms with Gasteiger partial charge in [-0.05, 0) is 24.0 Å². The summed E-state index contributed by atoms with van der Waals surface area (Å²) in [6, 6.07) is 18.0. The molecule has 156 valence electrons. The van der Waals surface area contributed by atoms with E-state index in [9.17, 15) is 16.8 Å². The second kappa shape index (κ2) is 12.7. The highest BCUT2D eigenvalue weighted by Gasteiger charge is 2.11. The Balaban J connectivity index is 0.000000280. The van der Waals surface area contributed by atoms with Crippen molar-refractivity contribution in [3.05, 3.63) is 71.8 Å². The molecule has 0 aromatic heterocycles. The summed E-state index contributed by atoms with van der Waals surface area (Å²) in [7, 11) is -6.79. The van der Waals surface area contributed by atoms with E-state index in [1.807, 2.05) is 50.2 Å². The van der Waals surface area contributed by atoms with Crippen molar-refractivity contribution < 1.29 is 25.2 Å². The summed E-state index contributed by atoms with van der Waals surface area (Å²) >= 11 is 0. The third-order valence-corrected chi connectivity index (χ3v) is 5.73. The summed E-state index contributed by atoms with van der Waals surface area (Å²) < 4.78 is 54.9. The monoisotopic (exact) mass is 428 g/mol. The van der Waals surface area contributed by atoms with Crippen LogP contribution in [0.5, 0.6) is 0 Å². The number of benzene rings is 2. The van der Waals surface area contributed by atoms with Crippen molar-refractivity contribution in [2.45, 2.75) is 38.2 Å². The van der Waals surface area contributed by atoms with Crippen LogP contribution in [0.3, 0.4) is 0 Å². The lowest BCUT2D eigenvalue weighted by Gasteiger charge is -2.03. The fraction of sp³-hybridized carbons (Fsp3) is 0.400. The van der Waals surface area contributed by atoms with Gasteiger partial charge in [-0.15, -0.1) is 0 Å². The van der Waals surface area contributed by atoms with Crippen LogP contribution >= 0.6 is 0 Å². The molecule has 0 saturated heterocycles. The lowest BCUT2D eigenvalue weighted by molar-refractivity contribution is 0.316. The third kappa shape index (κ3) is 11.2. The van der Waals surface area contributed by atoms with Crippen LogP contribution in [-0.4, -0.2) is 30.0 Å². The molecule has 8 heteroatoms. The zero-order chi connectivity index (χ0) is 20.9. The van der Waals surface area contributed by atoms with Gasteiger partial charge in [0, 0.05) is 0 Å². The molecule has 0 amide bonds. The van der Waals surface area contributed by atoms with E-state index in [4.69, 9.17) is 8.37 Å². The summed E-state index contributed by atoms with van der Waals surface area (Å²) in [6.45, 7) is 4.26. The second-order valence-electron chi connectivity index (χ2n) is 6.02. The first-order valence-electron chi connectivity index (χ1n) is 9.10. The molecule has 0 radical (unpaired) electrons. The molecule has 28 heavy (non-hydrogen) atoms. The Morgan fingerprint density at radius 1 is 0.607 bits per heavy atom. The number of rotatable bonds is 10. The van der Waals surface area contributed by atoms with Crippen LogP contribution < -0.4 is 0 Å². The summed E-state index contributed by atoms with van der Waals surface area (Å²) in [5, 5.41) is 0. The van der Waals surface area contributed by atoms with Crippen molar-refractivity contribution in [2.75, 3.05) is 13.2 Å². The van der Waals surface area contributed by atoms with Crippen LogP contribution in [0.2, 0.25) is 0 Å². The van der Waals surface area contributed by atoms with Gasteiger partial charge >= 0.3 is 0 Å². The minimum absolute atomic E-state index is 0.0478. The Kier molecular flexibility index (Phi) is 11.0. The molecule has 0 bridgehead atoms. The normalized spacial score (nSPS) is 11.5. The van der Waals surface area contributed by atoms with Crippen molar-refractivity contribution in [1.82, 2.24) is 0 Å². The molecule has 0 saturated carbocycles. The first-order valence-corrected chi connectivity index (χ1v) is 12.3. The van der Waals surface area contributed by atoms with Gasteiger partial charge in [-0.25, -0.2) is 0 Å². The molecule has 2 rings (SSSR count). The Morgan fingerprint density at radius 3 is 1.21 bits per heavy atom. The molecular formula is C20H28O6S2. The smallest absolute Gasteiger partial charge is 0.270 e. The molecule has 2 aromatic carbocycles. The van der Waals surface area contributed by atoms with E-state index in [1.54, 1.807) is 24.3 Å². The van der Waals surface area contributed by atoms with Gasteiger partial charge in [-0.2, -0.15) is 16.8 Å². The van der Waals surface area contributed by atoms with Crippen molar-refractivity contribution in [2.24, 2.45) is 0 Å². The zero-order valence-electron chi connectivity index (χ0n) is 16.3. The summed E-state index contributed by atoms with van der Waals surface area (Å²) in [4.78, 5) is 0. The largest absolute Gasteiger partial charge is 0.271 e. The topological polar surface area (TPSA) is 86.7 Å². The van der Waals surface area contributed by atoms with E-state index < -0.39 is 20.2 Å². The summed E-state index contributed by atoms with van der Waals surface area (Å²) in [6.07, 6.45) is 1.40. The minimum Gasteiger partial charge on any atom is -0.270 e. The van der Waals surface area contributed by atoms with Crippen LogP contribution in [0, 0.1) is 0 Å². The average molecular weight is 429 g/mol. The van der Waals surface area contributed by atoms with Gasteiger partial charge < -0.3 is 0 Å². The van der Waals surface area contributed by atoms with Crippen LogP contribution in [0.1, 0.15) is 37.8 Å². The van der Waals surface area contributed by atoms with Gasteiger partial charge in [-0.3, -0.25) is 8.37 Å². The van der Waals surface area contributed by atoms with Crippen molar-refractivity contribution in [1.29, 1.82) is 0 Å². The molecule has 0 fully saturated rings. The maximum Gasteiger partial charge on any atom is 0.271 e. The molecule has 0 N–H and O–H groups in total. The quantitative estimate of drug-likeness (QED) is 0.534. The SMILES string of the molecule is CCCOS(=O)(=O)Cc1ccccc1.CCCOS(=O)(=O)Cc1ccccc1. The van der Waals surface area contributed by atoms with Gasteiger partial charge in [-0.1, -0.05) is 74.5 Å². The fourth-order valence-electron chi connectivity index (χ4n) is 2.06. The molecule has 0 atom stereocenters. The average Bonchev–Trinajstić information content (AvgIpc) is 2.66. The Bertz CT molecular complexity index is 788. The summed E-state index contributed by atoms with van der Waals surface area (Å²) in [5.41, 5.74) is 1.51. The van der Waals surface area contributed by atoms with Gasteiger partial charge in [0.05, 0.1) is 13.2 Å².